The van der Waals surface area contributed by atoms with E-state index in [2.05, 4.69) is 303 Å². The van der Waals surface area contributed by atoms with Crippen LogP contribution in [0.3, 0.4) is 0 Å². The lowest BCUT2D eigenvalue weighted by Crippen LogP contribution is -1.90. The largest absolute Gasteiger partial charge is 0.0616 e. The molecule has 0 heteroatoms. The molecular formula is C78H50. The molecule has 0 unspecified atom stereocenters. The van der Waals surface area contributed by atoms with E-state index in [1.54, 1.807) is 0 Å². The number of rotatable bonds is 5. The molecular weight excluding hydrogens is 937 g/mol. The van der Waals surface area contributed by atoms with Crippen LogP contribution < -0.4 is 0 Å². The van der Waals surface area contributed by atoms with Crippen molar-refractivity contribution in [1.29, 1.82) is 0 Å². The first-order valence-electron chi connectivity index (χ1n) is 27.1. The topological polar surface area (TPSA) is 0 Å². The van der Waals surface area contributed by atoms with Crippen molar-refractivity contribution in [3.8, 4) is 55.6 Å². The van der Waals surface area contributed by atoms with Crippen molar-refractivity contribution in [3.05, 3.63) is 303 Å². The molecule has 0 radical (unpaired) electrons. The van der Waals surface area contributed by atoms with Crippen molar-refractivity contribution in [2.75, 3.05) is 0 Å². The number of hydrogen-bond donors (Lipinski definition) is 0. The van der Waals surface area contributed by atoms with Gasteiger partial charge in [-0.25, -0.2) is 0 Å². The van der Waals surface area contributed by atoms with Crippen molar-refractivity contribution in [2.24, 2.45) is 0 Å². The maximum atomic E-state index is 2.36. The lowest BCUT2D eigenvalue weighted by Gasteiger charge is -2.17. The smallest absolute Gasteiger partial charge is 0.00201 e. The van der Waals surface area contributed by atoms with E-state index in [1.165, 1.54) is 141 Å². The summed E-state index contributed by atoms with van der Waals surface area (Å²) in [5.41, 5.74) is 11.8. The fraction of sp³-hybridized carbons (Fsp3) is 0. The summed E-state index contributed by atoms with van der Waals surface area (Å²) >= 11 is 0. The van der Waals surface area contributed by atoms with Crippen LogP contribution in [0, 0.1) is 0 Å². The van der Waals surface area contributed by atoms with Crippen molar-refractivity contribution in [1.82, 2.24) is 0 Å². The van der Waals surface area contributed by atoms with E-state index < -0.39 is 0 Å². The Kier molecular flexibility index (Phi) is 11.0. The minimum atomic E-state index is 1.14. The van der Waals surface area contributed by atoms with E-state index >= 15 is 0 Å². The van der Waals surface area contributed by atoms with Crippen LogP contribution in [0.15, 0.2) is 303 Å². The van der Waals surface area contributed by atoms with Gasteiger partial charge < -0.3 is 0 Å². The molecule has 0 atom stereocenters. The van der Waals surface area contributed by atoms with Gasteiger partial charge in [-0.2, -0.15) is 0 Å². The first kappa shape index (κ1) is 45.3. The van der Waals surface area contributed by atoms with Crippen LogP contribution in [0.5, 0.6) is 0 Å². The van der Waals surface area contributed by atoms with E-state index in [1.807, 2.05) is 0 Å². The standard InChI is InChI=1S/C78H50/c1-7-25-57-49-59(43-41-51(57)19-1)61-36-15-29-56(45-46-63(65-31-10-9-30-64(61)65)60-44-42-52-20-2-8-26-58(52)50-60)77-69-34-13-11-32-67(69)75(68-33-12-14-35-70(68)77)54-23-5-3-21-53(22-4-6-24-54)62-47-48-74-72-38-17-28-55-27-16-37-71(76(55)72)73-40-18-39-66(62)78(73)74/h1-50H. The summed E-state index contributed by atoms with van der Waals surface area (Å²) in [7, 11) is 0. The first-order valence-corrected chi connectivity index (χ1v) is 27.1. The van der Waals surface area contributed by atoms with Gasteiger partial charge in [-0.1, -0.05) is 291 Å². The zero-order valence-electron chi connectivity index (χ0n) is 42.9. The van der Waals surface area contributed by atoms with E-state index in [0.29, 0.717) is 0 Å². The normalized spacial score (nSPS) is 11.6. The lowest BCUT2D eigenvalue weighted by molar-refractivity contribution is 1.65. The quantitative estimate of drug-likeness (QED) is 0.119. The van der Waals surface area contributed by atoms with Gasteiger partial charge in [0.15, 0.2) is 0 Å². The molecule has 78 heavy (non-hydrogen) atoms. The highest BCUT2D eigenvalue weighted by Crippen LogP contribution is 2.46. The molecule has 0 aliphatic heterocycles. The second kappa shape index (κ2) is 18.9. The fourth-order valence-electron chi connectivity index (χ4n) is 12.7. The molecule has 0 amide bonds. The molecule has 0 bridgehead atoms. The van der Waals surface area contributed by atoms with Crippen molar-refractivity contribution in [2.45, 2.75) is 0 Å². The number of hydrogen-bond acceptors (Lipinski definition) is 0. The second-order valence-electron chi connectivity index (χ2n) is 20.6. The maximum absolute atomic E-state index is 2.36. The average molecular weight is 987 g/mol. The van der Waals surface area contributed by atoms with Gasteiger partial charge in [0.1, 0.15) is 0 Å². The Labute approximate surface area is 453 Å². The summed E-state index contributed by atoms with van der Waals surface area (Å²) in [5.74, 6) is 0. The summed E-state index contributed by atoms with van der Waals surface area (Å²) in [5, 5.41) is 22.5. The molecule has 0 aliphatic rings. The van der Waals surface area contributed by atoms with E-state index in [-0.39, 0.29) is 0 Å². The van der Waals surface area contributed by atoms with Crippen LogP contribution in [-0.2, 0) is 0 Å². The third-order valence-corrected chi connectivity index (χ3v) is 16.3. The molecule has 15 aromatic rings. The summed E-state index contributed by atoms with van der Waals surface area (Å²) in [6.45, 7) is 0. The molecule has 0 spiro atoms. The highest BCUT2D eigenvalue weighted by atomic mass is 14.2. The van der Waals surface area contributed by atoms with Crippen LogP contribution in [0.2, 0.25) is 0 Å². The SMILES string of the molecule is c1ccc(-c2ccc3c4cccc5cccc(c6cccc2c63)c54)ccccc(-c2c3ccccc3c(-c3cccc(-c4ccc5ccccc5c4)c4ccccc4c(-c4ccc5ccccc5c4)cc3)c3ccccc23)c1. The van der Waals surface area contributed by atoms with Crippen LogP contribution in [0.4, 0.5) is 0 Å². The van der Waals surface area contributed by atoms with Gasteiger partial charge in [0.05, 0.1) is 0 Å². The monoisotopic (exact) mass is 986 g/mol. The van der Waals surface area contributed by atoms with Crippen LogP contribution >= 0.6 is 0 Å². The molecule has 15 rings (SSSR count). The highest BCUT2D eigenvalue weighted by molar-refractivity contribution is 6.34. The molecule has 0 N–H and O–H groups in total. The number of fused-ring (bicyclic) bond motifs is 7. The molecule has 362 valence electrons. The lowest BCUT2D eigenvalue weighted by atomic mass is 9.86. The molecule has 0 saturated heterocycles. The summed E-state index contributed by atoms with van der Waals surface area (Å²) in [4.78, 5) is 0. The Morgan fingerprint density at radius 3 is 1.01 bits per heavy atom. The van der Waals surface area contributed by atoms with E-state index in [0.717, 1.165) is 11.1 Å². The highest BCUT2D eigenvalue weighted by Gasteiger charge is 2.18. The molecule has 0 heterocycles. The zero-order valence-corrected chi connectivity index (χ0v) is 42.9. The molecule has 0 saturated carbocycles. The van der Waals surface area contributed by atoms with Gasteiger partial charge in [-0.3, -0.25) is 0 Å². The zero-order chi connectivity index (χ0) is 51.5. The Morgan fingerprint density at radius 2 is 0.462 bits per heavy atom. The van der Waals surface area contributed by atoms with Crippen LogP contribution in [0.25, 0.3) is 153 Å². The minimum absolute atomic E-state index is 1.14. The van der Waals surface area contributed by atoms with Gasteiger partial charge in [0, 0.05) is 0 Å². The third-order valence-electron chi connectivity index (χ3n) is 16.3. The Morgan fingerprint density at radius 1 is 0.141 bits per heavy atom. The van der Waals surface area contributed by atoms with Crippen LogP contribution in [0.1, 0.15) is 0 Å². The summed E-state index contributed by atoms with van der Waals surface area (Å²) in [6, 6.07) is 112. The second-order valence-corrected chi connectivity index (χ2v) is 20.6. The van der Waals surface area contributed by atoms with E-state index in [4.69, 9.17) is 0 Å². The molecule has 0 nitrogen and oxygen atoms in total. The van der Waals surface area contributed by atoms with Gasteiger partial charge in [-0.05, 0) is 165 Å². The predicted molar refractivity (Wildman–Crippen MR) is 338 cm³/mol. The van der Waals surface area contributed by atoms with Gasteiger partial charge in [-0.15, -0.1) is 0 Å². The van der Waals surface area contributed by atoms with Crippen LogP contribution in [-0.4, -0.2) is 0 Å². The molecule has 0 aliphatic carbocycles. The van der Waals surface area contributed by atoms with Gasteiger partial charge in [0.2, 0.25) is 0 Å². The molecule has 15 aromatic carbocycles. The maximum Gasteiger partial charge on any atom is -0.00201 e. The fourth-order valence-corrected chi connectivity index (χ4v) is 12.7. The first-order chi connectivity index (χ1) is 38.7. The van der Waals surface area contributed by atoms with Crippen molar-refractivity contribution >= 4 is 97.0 Å². The van der Waals surface area contributed by atoms with Crippen molar-refractivity contribution < 1.29 is 0 Å². The number of benzene rings is 13. The molecule has 0 fully saturated rings. The van der Waals surface area contributed by atoms with Crippen molar-refractivity contribution in [3.63, 3.8) is 0 Å². The third kappa shape index (κ3) is 7.61. The van der Waals surface area contributed by atoms with Gasteiger partial charge >= 0.3 is 0 Å². The van der Waals surface area contributed by atoms with Gasteiger partial charge in [0.25, 0.3) is 0 Å². The Hall–Kier alpha value is -10.1. The Bertz CT molecular complexity index is 4900. The summed E-state index contributed by atoms with van der Waals surface area (Å²) < 4.78 is 0. The van der Waals surface area contributed by atoms with E-state index in [9.17, 15) is 0 Å². The molecule has 0 aromatic heterocycles. The average Bonchev–Trinajstić information content (AvgIpc) is 3.69. The predicted octanol–water partition coefficient (Wildman–Crippen LogP) is 22.1. The Balaban J connectivity index is 0.912. The summed E-state index contributed by atoms with van der Waals surface area (Å²) in [6.07, 6.45) is 0. The minimum Gasteiger partial charge on any atom is -0.0616 e.